The molecular weight excluding hydrogens is 186 g/mol. The van der Waals surface area contributed by atoms with E-state index in [4.69, 9.17) is 0 Å². The van der Waals surface area contributed by atoms with E-state index in [1.165, 1.54) is 0 Å². The Kier molecular flexibility index (Phi) is 4.63. The highest BCUT2D eigenvalue weighted by Crippen LogP contribution is 2.26. The van der Waals surface area contributed by atoms with E-state index in [0.29, 0.717) is 11.8 Å². The van der Waals surface area contributed by atoms with Crippen molar-refractivity contribution in [2.45, 2.75) is 45.7 Å². The van der Waals surface area contributed by atoms with Crippen LogP contribution in [0.25, 0.3) is 0 Å². The number of benzene rings is 1. The summed E-state index contributed by atoms with van der Waals surface area (Å²) in [6, 6.07) is 8.29. The molecule has 0 aliphatic carbocycles. The highest BCUT2D eigenvalue weighted by Gasteiger charge is 2.14. The molecule has 1 rings (SSSR count). The van der Waals surface area contributed by atoms with Crippen LogP contribution >= 0.6 is 0 Å². The second-order valence-electron chi connectivity index (χ2n) is 4.00. The fourth-order valence-corrected chi connectivity index (χ4v) is 1.67. The average Bonchev–Trinajstić information content (AvgIpc) is 2.26. The van der Waals surface area contributed by atoms with Crippen LogP contribution in [-0.4, -0.2) is 11.1 Å². The van der Waals surface area contributed by atoms with Gasteiger partial charge in [0, 0.05) is 17.6 Å². The fourth-order valence-electron chi connectivity index (χ4n) is 1.67. The van der Waals surface area contributed by atoms with Crippen LogP contribution in [-0.2, 0) is 0 Å². The number of phenols is 1. The number of nitrogens with one attached hydrogen (secondary N) is 1. The Morgan fingerprint density at radius 1 is 1.20 bits per heavy atom. The standard InChI is InChI=1S/C13H21NO/c1-4-10(3)14-12(5-2)11-8-6-7-9-13(11)15/h6-10,12,14-15H,4-5H2,1-3H3. The molecule has 2 heteroatoms. The summed E-state index contributed by atoms with van der Waals surface area (Å²) in [5.41, 5.74) is 1.00. The third kappa shape index (κ3) is 3.24. The van der Waals surface area contributed by atoms with E-state index in [0.717, 1.165) is 18.4 Å². The van der Waals surface area contributed by atoms with Crippen molar-refractivity contribution >= 4 is 0 Å². The molecule has 0 aromatic heterocycles. The van der Waals surface area contributed by atoms with Crippen molar-refractivity contribution in [2.75, 3.05) is 0 Å². The first kappa shape index (κ1) is 12.1. The van der Waals surface area contributed by atoms with Crippen LogP contribution in [0.1, 0.15) is 45.2 Å². The first-order valence-corrected chi connectivity index (χ1v) is 5.73. The number of hydrogen-bond acceptors (Lipinski definition) is 2. The van der Waals surface area contributed by atoms with Gasteiger partial charge in [0.15, 0.2) is 0 Å². The van der Waals surface area contributed by atoms with Gasteiger partial charge in [-0.25, -0.2) is 0 Å². The van der Waals surface area contributed by atoms with Gasteiger partial charge in [0.25, 0.3) is 0 Å². The quantitative estimate of drug-likeness (QED) is 0.777. The Morgan fingerprint density at radius 2 is 1.87 bits per heavy atom. The zero-order chi connectivity index (χ0) is 11.3. The van der Waals surface area contributed by atoms with E-state index in [9.17, 15) is 5.11 Å². The van der Waals surface area contributed by atoms with Gasteiger partial charge in [-0.05, 0) is 25.8 Å². The molecule has 1 aromatic rings. The van der Waals surface area contributed by atoms with Crippen molar-refractivity contribution in [3.05, 3.63) is 29.8 Å². The Hall–Kier alpha value is -1.02. The molecule has 2 atom stereocenters. The van der Waals surface area contributed by atoms with Crippen molar-refractivity contribution in [2.24, 2.45) is 0 Å². The summed E-state index contributed by atoms with van der Waals surface area (Å²) in [5.74, 6) is 0.389. The van der Waals surface area contributed by atoms with E-state index in [1.54, 1.807) is 6.07 Å². The first-order valence-electron chi connectivity index (χ1n) is 5.73. The van der Waals surface area contributed by atoms with Crippen LogP contribution in [0, 0.1) is 0 Å². The van der Waals surface area contributed by atoms with Gasteiger partial charge in [0.05, 0.1) is 0 Å². The molecule has 0 spiro atoms. The van der Waals surface area contributed by atoms with E-state index in [2.05, 4.69) is 26.1 Å². The third-order valence-electron chi connectivity index (χ3n) is 2.82. The summed E-state index contributed by atoms with van der Waals surface area (Å²) in [5, 5.41) is 13.3. The SMILES string of the molecule is CCC(C)NC(CC)c1ccccc1O. The zero-order valence-electron chi connectivity index (χ0n) is 9.83. The summed E-state index contributed by atoms with van der Waals surface area (Å²) in [6.07, 6.45) is 2.09. The predicted octanol–water partition coefficient (Wildman–Crippen LogP) is 3.23. The van der Waals surface area contributed by atoms with Gasteiger partial charge in [-0.15, -0.1) is 0 Å². The molecule has 84 valence electrons. The summed E-state index contributed by atoms with van der Waals surface area (Å²) in [4.78, 5) is 0. The lowest BCUT2D eigenvalue weighted by molar-refractivity contribution is 0.410. The Balaban J connectivity index is 2.78. The maximum atomic E-state index is 9.76. The molecule has 2 N–H and O–H groups in total. The number of aromatic hydroxyl groups is 1. The molecule has 1 aromatic carbocycles. The fraction of sp³-hybridized carbons (Fsp3) is 0.538. The zero-order valence-corrected chi connectivity index (χ0v) is 9.83. The van der Waals surface area contributed by atoms with E-state index in [-0.39, 0.29) is 6.04 Å². The van der Waals surface area contributed by atoms with Gasteiger partial charge in [-0.2, -0.15) is 0 Å². The summed E-state index contributed by atoms with van der Waals surface area (Å²) in [7, 11) is 0. The lowest BCUT2D eigenvalue weighted by atomic mass is 10.0. The smallest absolute Gasteiger partial charge is 0.120 e. The molecule has 0 amide bonds. The largest absolute Gasteiger partial charge is 0.508 e. The molecule has 0 saturated carbocycles. The van der Waals surface area contributed by atoms with Gasteiger partial charge in [-0.1, -0.05) is 32.0 Å². The minimum Gasteiger partial charge on any atom is -0.508 e. The lowest BCUT2D eigenvalue weighted by Gasteiger charge is -2.22. The molecule has 0 bridgehead atoms. The maximum absolute atomic E-state index is 9.76. The van der Waals surface area contributed by atoms with E-state index >= 15 is 0 Å². The topological polar surface area (TPSA) is 32.3 Å². The highest BCUT2D eigenvalue weighted by molar-refractivity contribution is 5.34. The van der Waals surface area contributed by atoms with Crippen LogP contribution < -0.4 is 5.32 Å². The van der Waals surface area contributed by atoms with Crippen LogP contribution in [0.5, 0.6) is 5.75 Å². The van der Waals surface area contributed by atoms with Gasteiger partial charge in [0.1, 0.15) is 5.75 Å². The minimum atomic E-state index is 0.251. The molecule has 2 nitrogen and oxygen atoms in total. The van der Waals surface area contributed by atoms with Gasteiger partial charge in [-0.3, -0.25) is 0 Å². The molecule has 0 fully saturated rings. The molecule has 2 unspecified atom stereocenters. The van der Waals surface area contributed by atoms with Crippen molar-refractivity contribution in [3.63, 3.8) is 0 Å². The lowest BCUT2D eigenvalue weighted by Crippen LogP contribution is -2.29. The monoisotopic (exact) mass is 207 g/mol. The Labute approximate surface area is 92.3 Å². The number of rotatable bonds is 5. The maximum Gasteiger partial charge on any atom is 0.120 e. The Morgan fingerprint density at radius 3 is 2.40 bits per heavy atom. The summed E-state index contributed by atoms with van der Waals surface area (Å²) < 4.78 is 0. The van der Waals surface area contributed by atoms with Crippen LogP contribution in [0.2, 0.25) is 0 Å². The van der Waals surface area contributed by atoms with Gasteiger partial charge in [0.2, 0.25) is 0 Å². The molecule has 0 saturated heterocycles. The molecule has 0 heterocycles. The number of hydrogen-bond donors (Lipinski definition) is 2. The summed E-state index contributed by atoms with van der Waals surface area (Å²) in [6.45, 7) is 6.46. The van der Waals surface area contributed by atoms with Crippen LogP contribution in [0.3, 0.4) is 0 Å². The van der Waals surface area contributed by atoms with Gasteiger partial charge >= 0.3 is 0 Å². The van der Waals surface area contributed by atoms with Crippen molar-refractivity contribution in [1.29, 1.82) is 0 Å². The average molecular weight is 207 g/mol. The molecular formula is C13H21NO. The third-order valence-corrected chi connectivity index (χ3v) is 2.82. The molecule has 15 heavy (non-hydrogen) atoms. The number of phenolic OH excluding ortho intramolecular Hbond substituents is 1. The van der Waals surface area contributed by atoms with E-state index in [1.807, 2.05) is 18.2 Å². The van der Waals surface area contributed by atoms with Gasteiger partial charge < -0.3 is 10.4 Å². The van der Waals surface area contributed by atoms with Crippen LogP contribution in [0.15, 0.2) is 24.3 Å². The highest BCUT2D eigenvalue weighted by atomic mass is 16.3. The van der Waals surface area contributed by atoms with Crippen molar-refractivity contribution in [3.8, 4) is 5.75 Å². The second kappa shape index (κ2) is 5.76. The van der Waals surface area contributed by atoms with E-state index < -0.39 is 0 Å². The molecule has 0 aliphatic heterocycles. The summed E-state index contributed by atoms with van der Waals surface area (Å²) >= 11 is 0. The first-order chi connectivity index (χ1) is 7.19. The predicted molar refractivity (Wildman–Crippen MR) is 64.0 cm³/mol. The second-order valence-corrected chi connectivity index (χ2v) is 4.00. The van der Waals surface area contributed by atoms with Crippen molar-refractivity contribution in [1.82, 2.24) is 5.32 Å². The van der Waals surface area contributed by atoms with Crippen LogP contribution in [0.4, 0.5) is 0 Å². The van der Waals surface area contributed by atoms with Crippen molar-refractivity contribution < 1.29 is 5.11 Å². The molecule has 0 aliphatic rings. The number of para-hydroxylation sites is 1. The molecule has 0 radical (unpaired) electrons. The minimum absolute atomic E-state index is 0.251. The Bertz CT molecular complexity index is 298. The normalized spacial score (nSPS) is 14.9.